The van der Waals surface area contributed by atoms with Gasteiger partial charge in [-0.05, 0) is 50.2 Å². The Hall–Kier alpha value is -3.27. The van der Waals surface area contributed by atoms with Crippen LogP contribution in [0.1, 0.15) is 18.7 Å². The molecule has 10 heteroatoms. The first kappa shape index (κ1) is 18.5. The van der Waals surface area contributed by atoms with Gasteiger partial charge in [-0.1, -0.05) is 0 Å². The molecular formula is C17H18N6O3S. The van der Waals surface area contributed by atoms with Crippen molar-refractivity contribution in [3.05, 3.63) is 60.7 Å². The highest BCUT2D eigenvalue weighted by Crippen LogP contribution is 2.18. The Labute approximate surface area is 156 Å². The lowest BCUT2D eigenvalue weighted by molar-refractivity contribution is -0.119. The lowest BCUT2D eigenvalue weighted by Crippen LogP contribution is -2.25. The number of nitrogens with one attached hydrogen (secondary N) is 2. The minimum atomic E-state index is -3.82. The van der Waals surface area contributed by atoms with Crippen molar-refractivity contribution in [2.45, 2.75) is 24.8 Å². The summed E-state index contributed by atoms with van der Waals surface area (Å²) < 4.78 is 28.6. The molecule has 0 bridgehead atoms. The smallest absolute Gasteiger partial charge is 0.264 e. The van der Waals surface area contributed by atoms with Gasteiger partial charge in [-0.2, -0.15) is 5.10 Å². The molecule has 2 heterocycles. The van der Waals surface area contributed by atoms with Crippen LogP contribution in [-0.2, 0) is 14.8 Å². The number of hydrogen-bond acceptors (Lipinski definition) is 6. The topological polar surface area (TPSA) is 119 Å². The molecule has 140 valence electrons. The maximum atomic E-state index is 12.4. The van der Waals surface area contributed by atoms with Gasteiger partial charge in [0.15, 0.2) is 0 Å². The van der Waals surface area contributed by atoms with E-state index in [2.05, 4.69) is 25.1 Å². The van der Waals surface area contributed by atoms with E-state index in [0.29, 0.717) is 5.69 Å². The number of aryl methyl sites for hydroxylation is 1. The quantitative estimate of drug-likeness (QED) is 0.669. The van der Waals surface area contributed by atoms with Crippen molar-refractivity contribution in [1.82, 2.24) is 19.7 Å². The fourth-order valence-electron chi connectivity index (χ4n) is 2.39. The van der Waals surface area contributed by atoms with Crippen LogP contribution in [-0.4, -0.2) is 34.1 Å². The Kier molecular flexibility index (Phi) is 5.17. The van der Waals surface area contributed by atoms with Gasteiger partial charge in [-0.25, -0.2) is 23.1 Å². The van der Waals surface area contributed by atoms with Gasteiger partial charge in [-0.3, -0.25) is 9.48 Å². The van der Waals surface area contributed by atoms with Crippen LogP contribution in [0.3, 0.4) is 0 Å². The summed E-state index contributed by atoms with van der Waals surface area (Å²) in [5.74, 6) is -0.272. The molecule has 3 aromatic rings. The summed E-state index contributed by atoms with van der Waals surface area (Å²) in [6, 6.07) is 8.71. The van der Waals surface area contributed by atoms with Crippen molar-refractivity contribution in [1.29, 1.82) is 0 Å². The van der Waals surface area contributed by atoms with E-state index >= 15 is 0 Å². The molecule has 0 fully saturated rings. The minimum absolute atomic E-state index is 0.0155. The van der Waals surface area contributed by atoms with Crippen molar-refractivity contribution in [2.24, 2.45) is 0 Å². The molecule has 0 aliphatic rings. The first-order valence-corrected chi connectivity index (χ1v) is 9.56. The van der Waals surface area contributed by atoms with Gasteiger partial charge >= 0.3 is 0 Å². The van der Waals surface area contributed by atoms with Crippen molar-refractivity contribution in [2.75, 3.05) is 10.0 Å². The molecule has 2 N–H and O–H groups in total. The Morgan fingerprint density at radius 3 is 2.33 bits per heavy atom. The highest BCUT2D eigenvalue weighted by atomic mass is 32.2. The molecule has 1 amide bonds. The lowest BCUT2D eigenvalue weighted by atomic mass is 10.2. The molecule has 27 heavy (non-hydrogen) atoms. The van der Waals surface area contributed by atoms with Crippen LogP contribution in [0, 0.1) is 6.92 Å². The third-order valence-corrected chi connectivity index (χ3v) is 5.18. The SMILES string of the molecule is Cc1ccnn1C(C)C(=O)Nc1ccc(S(=O)(=O)Nc2ncccn2)cc1. The van der Waals surface area contributed by atoms with Gasteiger partial charge in [0, 0.05) is 30.0 Å². The van der Waals surface area contributed by atoms with Gasteiger partial charge in [0.1, 0.15) is 6.04 Å². The molecule has 1 atom stereocenters. The van der Waals surface area contributed by atoms with Crippen molar-refractivity contribution >= 4 is 27.6 Å². The molecule has 1 aromatic carbocycles. The Balaban J connectivity index is 1.70. The van der Waals surface area contributed by atoms with E-state index in [1.165, 1.54) is 36.7 Å². The lowest BCUT2D eigenvalue weighted by Gasteiger charge is -2.14. The van der Waals surface area contributed by atoms with Gasteiger partial charge in [0.2, 0.25) is 11.9 Å². The van der Waals surface area contributed by atoms with Crippen LogP contribution >= 0.6 is 0 Å². The molecule has 0 spiro atoms. The van der Waals surface area contributed by atoms with E-state index in [-0.39, 0.29) is 16.8 Å². The number of sulfonamides is 1. The van der Waals surface area contributed by atoms with E-state index in [1.54, 1.807) is 23.9 Å². The second-order valence-electron chi connectivity index (χ2n) is 5.78. The summed E-state index contributed by atoms with van der Waals surface area (Å²) in [5.41, 5.74) is 1.35. The highest BCUT2D eigenvalue weighted by molar-refractivity contribution is 7.92. The van der Waals surface area contributed by atoms with Gasteiger partial charge in [0.25, 0.3) is 10.0 Å². The Bertz CT molecular complexity index is 1030. The zero-order valence-corrected chi connectivity index (χ0v) is 15.5. The van der Waals surface area contributed by atoms with Crippen LogP contribution in [0.15, 0.2) is 59.9 Å². The molecule has 3 rings (SSSR count). The zero-order valence-electron chi connectivity index (χ0n) is 14.7. The average Bonchev–Trinajstić information content (AvgIpc) is 3.08. The molecule has 0 aliphatic carbocycles. The standard InChI is InChI=1S/C17H18N6O3S/c1-12-8-11-20-23(12)13(2)16(24)21-14-4-6-15(7-5-14)27(25,26)22-17-18-9-3-10-19-17/h3-11,13H,1-2H3,(H,21,24)(H,18,19,22). The minimum Gasteiger partial charge on any atom is -0.324 e. The normalized spacial score (nSPS) is 12.4. The fourth-order valence-corrected chi connectivity index (χ4v) is 3.35. The fraction of sp³-hybridized carbons (Fsp3) is 0.176. The molecule has 0 saturated carbocycles. The van der Waals surface area contributed by atoms with Crippen LogP contribution in [0.4, 0.5) is 11.6 Å². The van der Waals surface area contributed by atoms with E-state index in [9.17, 15) is 13.2 Å². The van der Waals surface area contributed by atoms with Crippen LogP contribution < -0.4 is 10.0 Å². The van der Waals surface area contributed by atoms with E-state index in [1.807, 2.05) is 13.0 Å². The summed E-state index contributed by atoms with van der Waals surface area (Å²) >= 11 is 0. The maximum absolute atomic E-state index is 12.4. The Morgan fingerprint density at radius 1 is 1.07 bits per heavy atom. The molecule has 9 nitrogen and oxygen atoms in total. The number of rotatable bonds is 6. The molecule has 2 aromatic heterocycles. The van der Waals surface area contributed by atoms with Gasteiger partial charge < -0.3 is 5.32 Å². The van der Waals surface area contributed by atoms with Gasteiger partial charge in [0.05, 0.1) is 4.90 Å². The molecule has 0 aliphatic heterocycles. The van der Waals surface area contributed by atoms with Crippen LogP contribution in [0.2, 0.25) is 0 Å². The van der Waals surface area contributed by atoms with Crippen LogP contribution in [0.5, 0.6) is 0 Å². The summed E-state index contributed by atoms with van der Waals surface area (Å²) in [7, 11) is -3.82. The first-order valence-electron chi connectivity index (χ1n) is 8.08. The summed E-state index contributed by atoms with van der Waals surface area (Å²) in [5, 5.41) is 6.87. The highest BCUT2D eigenvalue weighted by Gasteiger charge is 2.18. The molecule has 0 saturated heterocycles. The molecule has 1 unspecified atom stereocenters. The van der Waals surface area contributed by atoms with E-state index in [4.69, 9.17) is 0 Å². The molecule has 0 radical (unpaired) electrons. The number of nitrogens with zero attached hydrogens (tertiary/aromatic N) is 4. The summed E-state index contributed by atoms with van der Waals surface area (Å²) in [4.78, 5) is 20.1. The number of amides is 1. The predicted octanol–water partition coefficient (Wildman–Crippen LogP) is 1.98. The number of hydrogen-bond donors (Lipinski definition) is 2. The second-order valence-corrected chi connectivity index (χ2v) is 7.47. The number of benzene rings is 1. The number of carbonyl (C=O) groups excluding carboxylic acids is 1. The number of aromatic nitrogens is 4. The second kappa shape index (κ2) is 7.54. The maximum Gasteiger partial charge on any atom is 0.264 e. The third-order valence-electron chi connectivity index (χ3n) is 3.84. The number of anilines is 2. The van der Waals surface area contributed by atoms with E-state index in [0.717, 1.165) is 5.69 Å². The number of carbonyl (C=O) groups is 1. The molecular weight excluding hydrogens is 368 g/mol. The van der Waals surface area contributed by atoms with Crippen LogP contribution in [0.25, 0.3) is 0 Å². The summed E-state index contributed by atoms with van der Waals surface area (Å²) in [6.07, 6.45) is 4.50. The van der Waals surface area contributed by atoms with Crippen molar-refractivity contribution < 1.29 is 13.2 Å². The first-order chi connectivity index (χ1) is 12.9. The monoisotopic (exact) mass is 386 g/mol. The average molecular weight is 386 g/mol. The van der Waals surface area contributed by atoms with Gasteiger partial charge in [-0.15, -0.1) is 0 Å². The largest absolute Gasteiger partial charge is 0.324 e. The van der Waals surface area contributed by atoms with E-state index < -0.39 is 16.1 Å². The summed E-state index contributed by atoms with van der Waals surface area (Å²) in [6.45, 7) is 3.60. The predicted molar refractivity (Wildman–Crippen MR) is 99.6 cm³/mol. The van der Waals surface area contributed by atoms with Crippen molar-refractivity contribution in [3.8, 4) is 0 Å². The van der Waals surface area contributed by atoms with Crippen molar-refractivity contribution in [3.63, 3.8) is 0 Å². The Morgan fingerprint density at radius 2 is 1.74 bits per heavy atom. The third kappa shape index (κ3) is 4.29. The zero-order chi connectivity index (χ0) is 19.4.